The second-order valence-electron chi connectivity index (χ2n) is 5.39. The van der Waals surface area contributed by atoms with E-state index in [1.165, 1.54) is 11.1 Å². The van der Waals surface area contributed by atoms with Crippen LogP contribution in [0.4, 0.5) is 0 Å². The molecule has 1 nitrogen and oxygen atoms in total. The van der Waals surface area contributed by atoms with E-state index in [2.05, 4.69) is 52.1 Å². The van der Waals surface area contributed by atoms with E-state index < -0.39 is 0 Å². The summed E-state index contributed by atoms with van der Waals surface area (Å²) in [6.07, 6.45) is 1.03. The lowest BCUT2D eigenvalue weighted by atomic mass is 9.94. The minimum absolute atomic E-state index is 0.507. The summed E-state index contributed by atoms with van der Waals surface area (Å²) in [4.78, 5) is 0. The van der Waals surface area contributed by atoms with Gasteiger partial charge in [0.05, 0.1) is 0 Å². The fourth-order valence-corrected chi connectivity index (χ4v) is 2.34. The van der Waals surface area contributed by atoms with Crippen molar-refractivity contribution in [1.82, 2.24) is 5.32 Å². The Morgan fingerprint density at radius 1 is 1.18 bits per heavy atom. The smallest absolute Gasteiger partial charge is 0.0440 e. The van der Waals surface area contributed by atoms with Crippen molar-refractivity contribution in [3.05, 3.63) is 34.3 Å². The summed E-state index contributed by atoms with van der Waals surface area (Å²) in [5, 5.41) is 4.45. The van der Waals surface area contributed by atoms with Crippen LogP contribution in [0.5, 0.6) is 0 Å². The Kier molecular flexibility index (Phi) is 5.48. The van der Waals surface area contributed by atoms with Gasteiger partial charge in [0.15, 0.2) is 0 Å². The molecule has 0 aliphatic heterocycles. The molecule has 1 aromatic carbocycles. The van der Waals surface area contributed by atoms with Crippen LogP contribution in [0.1, 0.15) is 38.8 Å². The van der Waals surface area contributed by atoms with E-state index in [4.69, 9.17) is 11.6 Å². The third-order valence-electron chi connectivity index (χ3n) is 3.20. The van der Waals surface area contributed by atoms with Crippen LogP contribution >= 0.6 is 11.6 Å². The van der Waals surface area contributed by atoms with E-state index in [0.717, 1.165) is 11.4 Å². The molecule has 2 heteroatoms. The van der Waals surface area contributed by atoms with Crippen molar-refractivity contribution in [2.24, 2.45) is 5.92 Å². The van der Waals surface area contributed by atoms with Gasteiger partial charge < -0.3 is 5.32 Å². The maximum absolute atomic E-state index is 6.26. The summed E-state index contributed by atoms with van der Waals surface area (Å²) in [6.45, 7) is 11.0. The molecule has 1 aromatic rings. The van der Waals surface area contributed by atoms with Crippen LogP contribution in [0, 0.1) is 12.8 Å². The Morgan fingerprint density at radius 2 is 1.82 bits per heavy atom. The molecule has 0 saturated carbocycles. The molecule has 0 heterocycles. The van der Waals surface area contributed by atoms with Crippen molar-refractivity contribution in [3.8, 4) is 0 Å². The van der Waals surface area contributed by atoms with E-state index in [1.807, 2.05) is 6.07 Å². The van der Waals surface area contributed by atoms with Gasteiger partial charge in [-0.2, -0.15) is 0 Å². The van der Waals surface area contributed by atoms with Crippen molar-refractivity contribution >= 4 is 11.6 Å². The number of hydrogen-bond donors (Lipinski definition) is 1. The van der Waals surface area contributed by atoms with Crippen LogP contribution in [-0.2, 0) is 6.42 Å². The Balaban J connectivity index is 2.64. The molecule has 2 unspecified atom stereocenters. The van der Waals surface area contributed by atoms with Crippen molar-refractivity contribution in [2.75, 3.05) is 0 Å². The molecule has 0 spiro atoms. The minimum Gasteiger partial charge on any atom is -0.312 e. The molecule has 1 rings (SSSR count). The standard InChI is InChI=1S/C15H24ClN/c1-10(2)17-13(5)12(4)9-14-7-6-11(3)8-15(14)16/h6-8,10,12-13,17H,9H2,1-5H3. The van der Waals surface area contributed by atoms with E-state index in [9.17, 15) is 0 Å². The number of aryl methyl sites for hydroxylation is 1. The fraction of sp³-hybridized carbons (Fsp3) is 0.600. The second kappa shape index (κ2) is 6.42. The molecule has 17 heavy (non-hydrogen) atoms. The van der Waals surface area contributed by atoms with Gasteiger partial charge in [0, 0.05) is 17.1 Å². The first kappa shape index (κ1) is 14.5. The summed E-state index contributed by atoms with van der Waals surface area (Å²) in [5.74, 6) is 0.581. The molecule has 0 radical (unpaired) electrons. The third-order valence-corrected chi connectivity index (χ3v) is 3.55. The van der Waals surface area contributed by atoms with Gasteiger partial charge >= 0.3 is 0 Å². The fourth-order valence-electron chi connectivity index (χ4n) is 2.03. The molecule has 0 fully saturated rings. The lowest BCUT2D eigenvalue weighted by Crippen LogP contribution is -2.37. The van der Waals surface area contributed by atoms with Crippen molar-refractivity contribution in [2.45, 2.75) is 53.1 Å². The monoisotopic (exact) mass is 253 g/mol. The van der Waals surface area contributed by atoms with E-state index in [0.29, 0.717) is 18.0 Å². The predicted octanol–water partition coefficient (Wildman–Crippen LogP) is 4.21. The summed E-state index contributed by atoms with van der Waals surface area (Å²) in [6, 6.07) is 7.36. The molecular weight excluding hydrogens is 230 g/mol. The topological polar surface area (TPSA) is 12.0 Å². The van der Waals surface area contributed by atoms with E-state index >= 15 is 0 Å². The number of nitrogens with one attached hydrogen (secondary N) is 1. The summed E-state index contributed by atoms with van der Waals surface area (Å²) in [5.41, 5.74) is 2.47. The highest BCUT2D eigenvalue weighted by Gasteiger charge is 2.14. The van der Waals surface area contributed by atoms with Gasteiger partial charge in [-0.3, -0.25) is 0 Å². The average molecular weight is 254 g/mol. The van der Waals surface area contributed by atoms with E-state index in [1.54, 1.807) is 0 Å². The average Bonchev–Trinajstić information content (AvgIpc) is 2.21. The molecule has 96 valence electrons. The summed E-state index contributed by atoms with van der Waals surface area (Å²) < 4.78 is 0. The quantitative estimate of drug-likeness (QED) is 0.829. The molecule has 0 aliphatic carbocycles. The molecule has 0 saturated heterocycles. The van der Waals surface area contributed by atoms with Crippen molar-refractivity contribution in [3.63, 3.8) is 0 Å². The third kappa shape index (κ3) is 4.69. The van der Waals surface area contributed by atoms with Gasteiger partial charge in [-0.05, 0) is 43.4 Å². The van der Waals surface area contributed by atoms with Crippen LogP contribution in [0.2, 0.25) is 5.02 Å². The highest BCUT2D eigenvalue weighted by Crippen LogP contribution is 2.22. The van der Waals surface area contributed by atoms with Gasteiger partial charge in [0.2, 0.25) is 0 Å². The maximum atomic E-state index is 6.26. The van der Waals surface area contributed by atoms with Gasteiger partial charge in [-0.25, -0.2) is 0 Å². The van der Waals surface area contributed by atoms with Crippen LogP contribution in [0.25, 0.3) is 0 Å². The number of rotatable bonds is 5. The van der Waals surface area contributed by atoms with Gasteiger partial charge in [-0.15, -0.1) is 0 Å². The van der Waals surface area contributed by atoms with Crippen LogP contribution in [0.3, 0.4) is 0 Å². The summed E-state index contributed by atoms with van der Waals surface area (Å²) >= 11 is 6.26. The molecule has 1 N–H and O–H groups in total. The van der Waals surface area contributed by atoms with Crippen molar-refractivity contribution < 1.29 is 0 Å². The molecular formula is C15H24ClN. The Hall–Kier alpha value is -0.530. The molecule has 2 atom stereocenters. The summed E-state index contributed by atoms with van der Waals surface area (Å²) in [7, 11) is 0. The van der Waals surface area contributed by atoms with Crippen molar-refractivity contribution in [1.29, 1.82) is 0 Å². The zero-order valence-electron chi connectivity index (χ0n) is 11.5. The Morgan fingerprint density at radius 3 is 2.35 bits per heavy atom. The maximum Gasteiger partial charge on any atom is 0.0440 e. The minimum atomic E-state index is 0.507. The van der Waals surface area contributed by atoms with Gasteiger partial charge in [-0.1, -0.05) is 44.5 Å². The molecule has 0 amide bonds. The first-order valence-electron chi connectivity index (χ1n) is 6.41. The Labute approximate surface area is 111 Å². The number of halogens is 1. The molecule has 0 aromatic heterocycles. The predicted molar refractivity (Wildman–Crippen MR) is 76.8 cm³/mol. The van der Waals surface area contributed by atoms with Gasteiger partial charge in [0.25, 0.3) is 0 Å². The normalized spacial score (nSPS) is 15.0. The second-order valence-corrected chi connectivity index (χ2v) is 5.79. The highest BCUT2D eigenvalue weighted by atomic mass is 35.5. The molecule has 0 bridgehead atoms. The highest BCUT2D eigenvalue weighted by molar-refractivity contribution is 6.31. The van der Waals surface area contributed by atoms with E-state index in [-0.39, 0.29) is 0 Å². The molecule has 0 aliphatic rings. The first-order chi connectivity index (χ1) is 7.90. The SMILES string of the molecule is Cc1ccc(CC(C)C(C)NC(C)C)c(Cl)c1. The largest absolute Gasteiger partial charge is 0.312 e. The van der Waals surface area contributed by atoms with Gasteiger partial charge in [0.1, 0.15) is 0 Å². The van der Waals surface area contributed by atoms with Crippen LogP contribution in [-0.4, -0.2) is 12.1 Å². The number of hydrogen-bond acceptors (Lipinski definition) is 1. The first-order valence-corrected chi connectivity index (χ1v) is 6.79. The lowest BCUT2D eigenvalue weighted by Gasteiger charge is -2.24. The zero-order chi connectivity index (χ0) is 13.0. The Bertz CT molecular complexity index is 360. The van der Waals surface area contributed by atoms with Crippen LogP contribution in [0.15, 0.2) is 18.2 Å². The van der Waals surface area contributed by atoms with Crippen LogP contribution < -0.4 is 5.32 Å². The zero-order valence-corrected chi connectivity index (χ0v) is 12.3. The lowest BCUT2D eigenvalue weighted by molar-refractivity contribution is 0.372. The number of benzene rings is 1.